The smallest absolute Gasteiger partial charge is 0.358 e. The average Bonchev–Trinajstić information content (AvgIpc) is 2.11. The number of hydrogen-bond acceptors (Lipinski definition) is 6. The predicted molar refractivity (Wildman–Crippen MR) is 46.8 cm³/mol. The number of esters is 1. The molecule has 0 saturated carbocycles. The Morgan fingerprint density at radius 2 is 2.38 bits per heavy atom. The standard InChI is InChI=1S/C7H11N3O3/c1-5(8)6(7(11)13-2)9-3-4-10-12/h3-4,10,12H,1,8H2,2H3/b4-3-,9-6?. The summed E-state index contributed by atoms with van der Waals surface area (Å²) >= 11 is 0. The Morgan fingerprint density at radius 1 is 1.77 bits per heavy atom. The highest BCUT2D eigenvalue weighted by Gasteiger charge is 2.11. The van der Waals surface area contributed by atoms with Gasteiger partial charge < -0.3 is 10.5 Å². The zero-order chi connectivity index (χ0) is 10.3. The van der Waals surface area contributed by atoms with Gasteiger partial charge in [0.15, 0.2) is 5.71 Å². The number of ether oxygens (including phenoxy) is 1. The first-order valence-electron chi connectivity index (χ1n) is 3.29. The highest BCUT2D eigenvalue weighted by atomic mass is 16.5. The number of nitrogens with one attached hydrogen (secondary N) is 1. The van der Waals surface area contributed by atoms with Crippen LogP contribution in [0.4, 0.5) is 0 Å². The first kappa shape index (κ1) is 11.2. The number of carbonyl (C=O) groups is 1. The molecule has 0 spiro atoms. The van der Waals surface area contributed by atoms with Crippen molar-refractivity contribution in [1.29, 1.82) is 0 Å². The summed E-state index contributed by atoms with van der Waals surface area (Å²) in [5.41, 5.74) is 6.85. The van der Waals surface area contributed by atoms with Gasteiger partial charge in [0.2, 0.25) is 0 Å². The number of rotatable bonds is 4. The summed E-state index contributed by atoms with van der Waals surface area (Å²) in [5, 5.41) is 8.14. The molecule has 0 amide bonds. The van der Waals surface area contributed by atoms with Gasteiger partial charge in [-0.2, -0.15) is 0 Å². The zero-order valence-corrected chi connectivity index (χ0v) is 7.15. The van der Waals surface area contributed by atoms with Gasteiger partial charge in [0.1, 0.15) is 0 Å². The normalized spacial score (nSPS) is 11.4. The maximum absolute atomic E-state index is 10.9. The number of hydroxylamine groups is 1. The molecular formula is C7H11N3O3. The highest BCUT2D eigenvalue weighted by Crippen LogP contribution is 1.91. The number of hydrogen-bond donors (Lipinski definition) is 3. The van der Waals surface area contributed by atoms with Crippen LogP contribution in [0.1, 0.15) is 0 Å². The van der Waals surface area contributed by atoms with Gasteiger partial charge in [-0.3, -0.25) is 10.7 Å². The second kappa shape index (κ2) is 5.78. The molecule has 4 N–H and O–H groups in total. The minimum Gasteiger partial charge on any atom is -0.464 e. The van der Waals surface area contributed by atoms with Gasteiger partial charge in [0.25, 0.3) is 0 Å². The van der Waals surface area contributed by atoms with E-state index in [0.29, 0.717) is 0 Å². The van der Waals surface area contributed by atoms with E-state index in [4.69, 9.17) is 10.9 Å². The van der Waals surface area contributed by atoms with Crippen LogP contribution in [0.15, 0.2) is 29.7 Å². The van der Waals surface area contributed by atoms with Gasteiger partial charge in [-0.1, -0.05) is 6.58 Å². The summed E-state index contributed by atoms with van der Waals surface area (Å²) in [7, 11) is 1.20. The van der Waals surface area contributed by atoms with Crippen molar-refractivity contribution in [2.75, 3.05) is 7.11 Å². The molecule has 6 heteroatoms. The largest absolute Gasteiger partial charge is 0.464 e. The molecule has 0 heterocycles. The number of nitrogens with two attached hydrogens (primary N) is 1. The van der Waals surface area contributed by atoms with Gasteiger partial charge in [0, 0.05) is 12.4 Å². The molecule has 13 heavy (non-hydrogen) atoms. The lowest BCUT2D eigenvalue weighted by atomic mass is 10.3. The van der Waals surface area contributed by atoms with E-state index in [1.807, 2.05) is 0 Å². The second-order valence-electron chi connectivity index (χ2n) is 1.94. The van der Waals surface area contributed by atoms with Crippen LogP contribution in [0.2, 0.25) is 0 Å². The fourth-order valence-electron chi connectivity index (χ4n) is 0.509. The second-order valence-corrected chi connectivity index (χ2v) is 1.94. The predicted octanol–water partition coefficient (Wildman–Crippen LogP) is -0.477. The molecule has 0 rings (SSSR count). The lowest BCUT2D eigenvalue weighted by molar-refractivity contribution is -0.132. The number of aliphatic imine (C=N–C) groups is 1. The van der Waals surface area contributed by atoms with Gasteiger partial charge in [-0.05, 0) is 0 Å². The number of nitrogens with zero attached hydrogens (tertiary/aromatic N) is 1. The van der Waals surface area contributed by atoms with Crippen molar-refractivity contribution in [1.82, 2.24) is 5.48 Å². The van der Waals surface area contributed by atoms with Crippen LogP contribution in [0.25, 0.3) is 0 Å². The molecule has 0 unspecified atom stereocenters. The first-order chi connectivity index (χ1) is 6.13. The molecule has 0 aliphatic heterocycles. The van der Waals surface area contributed by atoms with Crippen LogP contribution in [-0.4, -0.2) is 24.0 Å². The third-order valence-electron chi connectivity index (χ3n) is 1.04. The molecule has 0 aliphatic rings. The summed E-state index contributed by atoms with van der Waals surface area (Å²) in [5.74, 6) is -0.685. The van der Waals surface area contributed by atoms with E-state index in [1.165, 1.54) is 7.11 Å². The van der Waals surface area contributed by atoms with E-state index in [2.05, 4.69) is 16.3 Å². The molecule has 0 radical (unpaired) electrons. The van der Waals surface area contributed by atoms with Gasteiger partial charge >= 0.3 is 5.97 Å². The minimum atomic E-state index is -0.685. The van der Waals surface area contributed by atoms with E-state index < -0.39 is 5.97 Å². The van der Waals surface area contributed by atoms with Crippen molar-refractivity contribution >= 4 is 11.7 Å². The summed E-state index contributed by atoms with van der Waals surface area (Å²) in [6, 6.07) is 0. The van der Waals surface area contributed by atoms with Gasteiger partial charge in [0.05, 0.1) is 12.8 Å². The van der Waals surface area contributed by atoms with Gasteiger partial charge in [-0.25, -0.2) is 9.79 Å². The first-order valence-corrected chi connectivity index (χ1v) is 3.29. The Bertz CT molecular complexity index is 258. The molecule has 0 aromatic heterocycles. The molecular weight excluding hydrogens is 174 g/mol. The lowest BCUT2D eigenvalue weighted by Crippen LogP contribution is -2.21. The molecule has 6 nitrogen and oxygen atoms in total. The topological polar surface area (TPSA) is 96.9 Å². The summed E-state index contributed by atoms with van der Waals surface area (Å²) < 4.78 is 4.38. The molecule has 0 aromatic carbocycles. The summed E-state index contributed by atoms with van der Waals surface area (Å²) in [6.07, 6.45) is 2.25. The third kappa shape index (κ3) is 3.92. The van der Waals surface area contributed by atoms with Crippen molar-refractivity contribution in [3.63, 3.8) is 0 Å². The van der Waals surface area contributed by atoms with Crippen LogP contribution in [0.5, 0.6) is 0 Å². The third-order valence-corrected chi connectivity index (χ3v) is 1.04. The van der Waals surface area contributed by atoms with Crippen LogP contribution in [-0.2, 0) is 9.53 Å². The fourth-order valence-corrected chi connectivity index (χ4v) is 0.509. The monoisotopic (exact) mass is 185 g/mol. The summed E-state index contributed by atoms with van der Waals surface area (Å²) in [4.78, 5) is 14.5. The van der Waals surface area contributed by atoms with Crippen molar-refractivity contribution in [3.05, 3.63) is 24.7 Å². The van der Waals surface area contributed by atoms with Crippen LogP contribution in [0, 0.1) is 0 Å². The maximum Gasteiger partial charge on any atom is 0.358 e. The van der Waals surface area contributed by atoms with E-state index in [9.17, 15) is 4.79 Å². The van der Waals surface area contributed by atoms with Crippen molar-refractivity contribution < 1.29 is 14.7 Å². The Balaban J connectivity index is 4.60. The highest BCUT2D eigenvalue weighted by molar-refractivity contribution is 6.42. The molecule has 0 atom stereocenters. The lowest BCUT2D eigenvalue weighted by Gasteiger charge is -2.00. The average molecular weight is 185 g/mol. The molecule has 0 aromatic rings. The van der Waals surface area contributed by atoms with Crippen LogP contribution in [0.3, 0.4) is 0 Å². The maximum atomic E-state index is 10.9. The fraction of sp³-hybridized carbons (Fsp3) is 0.143. The Kier molecular flexibility index (Phi) is 4.97. The molecule has 0 aliphatic carbocycles. The Labute approximate surface area is 75.4 Å². The van der Waals surface area contributed by atoms with Gasteiger partial charge in [-0.15, -0.1) is 0 Å². The molecule has 0 saturated heterocycles. The van der Waals surface area contributed by atoms with E-state index in [0.717, 1.165) is 12.4 Å². The molecule has 0 bridgehead atoms. The molecule has 72 valence electrons. The van der Waals surface area contributed by atoms with E-state index in [-0.39, 0.29) is 11.4 Å². The van der Waals surface area contributed by atoms with Crippen molar-refractivity contribution in [2.45, 2.75) is 0 Å². The van der Waals surface area contributed by atoms with Crippen molar-refractivity contribution in [3.8, 4) is 0 Å². The minimum absolute atomic E-state index is 0.00515. The Hall–Kier alpha value is -1.82. The Morgan fingerprint density at radius 3 is 2.77 bits per heavy atom. The van der Waals surface area contributed by atoms with Crippen molar-refractivity contribution in [2.24, 2.45) is 10.7 Å². The quantitative estimate of drug-likeness (QED) is 0.312. The number of methoxy groups -OCH3 is 1. The number of carbonyl (C=O) groups excluding carboxylic acids is 1. The van der Waals surface area contributed by atoms with E-state index >= 15 is 0 Å². The SMILES string of the molecule is C=C(N)C(=N/C=C\NO)C(=O)OC. The van der Waals surface area contributed by atoms with Crippen LogP contribution < -0.4 is 11.2 Å². The summed E-state index contributed by atoms with van der Waals surface area (Å²) in [6.45, 7) is 3.33. The van der Waals surface area contributed by atoms with Crippen LogP contribution >= 0.6 is 0 Å². The zero-order valence-electron chi connectivity index (χ0n) is 7.15. The van der Waals surface area contributed by atoms with E-state index in [1.54, 1.807) is 5.48 Å². The molecule has 0 fully saturated rings.